The lowest BCUT2D eigenvalue weighted by Gasteiger charge is -2.29. The Morgan fingerprint density at radius 3 is 2.85 bits per heavy atom. The first-order chi connectivity index (χ1) is 12.1. The third-order valence-corrected chi connectivity index (χ3v) is 4.36. The maximum absolute atomic E-state index is 11.9. The molecule has 0 bridgehead atoms. The van der Waals surface area contributed by atoms with Gasteiger partial charge in [-0.3, -0.25) is 18.9 Å². The molecule has 4 atom stereocenters. The molecule has 0 aliphatic carbocycles. The summed E-state index contributed by atoms with van der Waals surface area (Å²) >= 11 is 0. The topological polar surface area (TPSA) is 215 Å². The number of aliphatic hydroxyl groups is 2. The summed E-state index contributed by atoms with van der Waals surface area (Å²) in [5.41, 5.74) is 4.71. The molecule has 1 aliphatic rings. The highest BCUT2D eigenvalue weighted by Crippen LogP contribution is 2.42. The van der Waals surface area contributed by atoms with Crippen molar-refractivity contribution in [2.24, 2.45) is 0 Å². The number of imidazole rings is 1. The Hall–Kier alpha value is -1.90. The number of anilines is 1. The summed E-state index contributed by atoms with van der Waals surface area (Å²) in [6.45, 7) is -0.740. The highest BCUT2D eigenvalue weighted by Gasteiger charge is 2.58. The fourth-order valence-electron chi connectivity index (χ4n) is 2.65. The van der Waals surface area contributed by atoms with Gasteiger partial charge in [-0.2, -0.15) is 4.98 Å². The van der Waals surface area contributed by atoms with Gasteiger partial charge in [-0.15, -0.1) is 0 Å². The summed E-state index contributed by atoms with van der Waals surface area (Å²) in [5.74, 6) is -2.57. The standard InChI is InChI=1S/C11H16N5O9P/c1-23-11(19)6(17)4(2-24-26(20,21)22)25-9(11)16-3-13-5-7(16)14-10(12)15-8(5)18/h3-4,6,9,17,19H,2H2,1H3,(H2,20,21,22)(H3,12,14,15,18)/t4-,6-,9-,11+/m1/s1. The Morgan fingerprint density at radius 1 is 1.54 bits per heavy atom. The lowest BCUT2D eigenvalue weighted by atomic mass is 10.1. The molecule has 15 heteroatoms. The van der Waals surface area contributed by atoms with Crippen molar-refractivity contribution in [3.63, 3.8) is 0 Å². The molecule has 0 saturated carbocycles. The van der Waals surface area contributed by atoms with Crippen LogP contribution in [0, 0.1) is 0 Å². The summed E-state index contributed by atoms with van der Waals surface area (Å²) < 4.78 is 26.7. The zero-order valence-electron chi connectivity index (χ0n) is 13.2. The van der Waals surface area contributed by atoms with Crippen molar-refractivity contribution in [3.05, 3.63) is 16.7 Å². The van der Waals surface area contributed by atoms with E-state index in [9.17, 15) is 19.6 Å². The molecule has 0 aromatic carbocycles. The number of aromatic amines is 1. The van der Waals surface area contributed by atoms with Gasteiger partial charge in [-0.1, -0.05) is 0 Å². The minimum absolute atomic E-state index is 0.0597. The zero-order chi connectivity index (χ0) is 19.3. The Balaban J connectivity index is 2.01. The smallest absolute Gasteiger partial charge is 0.384 e. The van der Waals surface area contributed by atoms with E-state index in [0.717, 1.165) is 18.0 Å². The number of aromatic nitrogens is 4. The quantitative estimate of drug-likeness (QED) is 0.228. The Bertz CT molecular complexity index is 924. The van der Waals surface area contributed by atoms with Crippen molar-refractivity contribution in [2.75, 3.05) is 19.5 Å². The number of rotatable bonds is 5. The summed E-state index contributed by atoms with van der Waals surface area (Å²) in [4.78, 5) is 39.4. The van der Waals surface area contributed by atoms with Crippen LogP contribution in [0.15, 0.2) is 11.1 Å². The van der Waals surface area contributed by atoms with Crippen LogP contribution in [-0.2, 0) is 18.6 Å². The van der Waals surface area contributed by atoms with Crippen molar-refractivity contribution in [1.82, 2.24) is 19.5 Å². The second kappa shape index (κ2) is 6.37. The molecule has 3 heterocycles. The lowest BCUT2D eigenvalue weighted by molar-refractivity contribution is -0.264. The van der Waals surface area contributed by atoms with Gasteiger partial charge in [0.25, 0.3) is 5.56 Å². The Morgan fingerprint density at radius 2 is 2.23 bits per heavy atom. The summed E-state index contributed by atoms with van der Waals surface area (Å²) in [7, 11) is -3.75. The number of H-pyrrole nitrogens is 1. The minimum atomic E-state index is -4.83. The van der Waals surface area contributed by atoms with Crippen LogP contribution in [0.25, 0.3) is 11.2 Å². The van der Waals surface area contributed by atoms with Gasteiger partial charge in [0.05, 0.1) is 12.9 Å². The largest absolute Gasteiger partial charge is 0.469 e. The number of nitrogen functional groups attached to an aromatic ring is 1. The van der Waals surface area contributed by atoms with Gasteiger partial charge in [0.1, 0.15) is 12.2 Å². The maximum atomic E-state index is 11.9. The van der Waals surface area contributed by atoms with E-state index < -0.39 is 44.2 Å². The number of nitrogens with zero attached hydrogens (tertiary/aromatic N) is 3. The molecule has 2 aromatic heterocycles. The van der Waals surface area contributed by atoms with E-state index in [4.69, 9.17) is 25.0 Å². The Labute approximate surface area is 144 Å². The fraction of sp³-hybridized carbons (Fsp3) is 0.545. The van der Waals surface area contributed by atoms with E-state index in [1.165, 1.54) is 0 Å². The summed E-state index contributed by atoms with van der Waals surface area (Å²) in [5, 5.41) is 20.9. The van der Waals surface area contributed by atoms with Gasteiger partial charge in [0.15, 0.2) is 17.4 Å². The number of nitrogens with two attached hydrogens (primary N) is 1. The molecule has 1 saturated heterocycles. The van der Waals surface area contributed by atoms with Gasteiger partial charge < -0.3 is 35.2 Å². The van der Waals surface area contributed by atoms with E-state index in [1.54, 1.807) is 0 Å². The van der Waals surface area contributed by atoms with E-state index in [1.807, 2.05) is 0 Å². The Kier molecular flexibility index (Phi) is 4.62. The molecular weight excluding hydrogens is 377 g/mol. The molecule has 0 unspecified atom stereocenters. The highest BCUT2D eigenvalue weighted by atomic mass is 31.2. The number of ether oxygens (including phenoxy) is 2. The summed E-state index contributed by atoms with van der Waals surface area (Å²) in [6, 6.07) is 0. The van der Waals surface area contributed by atoms with Crippen LogP contribution in [0.4, 0.5) is 5.95 Å². The van der Waals surface area contributed by atoms with E-state index in [0.29, 0.717) is 0 Å². The number of nitrogens with one attached hydrogen (secondary N) is 1. The van der Waals surface area contributed by atoms with Crippen LogP contribution in [0.2, 0.25) is 0 Å². The van der Waals surface area contributed by atoms with E-state index in [2.05, 4.69) is 19.5 Å². The molecule has 0 radical (unpaired) electrons. The van der Waals surface area contributed by atoms with Crippen LogP contribution in [0.5, 0.6) is 0 Å². The van der Waals surface area contributed by atoms with Crippen molar-refractivity contribution in [3.8, 4) is 0 Å². The third kappa shape index (κ3) is 3.13. The number of phosphoric ester groups is 1. The molecule has 0 spiro atoms. The molecule has 3 rings (SSSR count). The second-order valence-electron chi connectivity index (χ2n) is 5.49. The SMILES string of the molecule is CO[C@@]1(O)[C@H](O)[C@@H](COP(=O)(O)O)O[C@H]1n1cnc2c(=O)[nH]c(N)nc21. The van der Waals surface area contributed by atoms with E-state index in [-0.39, 0.29) is 17.1 Å². The molecule has 26 heavy (non-hydrogen) atoms. The molecule has 1 aliphatic heterocycles. The number of phosphoric acid groups is 1. The third-order valence-electron chi connectivity index (χ3n) is 3.87. The number of hydrogen-bond acceptors (Lipinski definition) is 10. The van der Waals surface area contributed by atoms with Crippen molar-refractivity contribution < 1.29 is 38.6 Å². The van der Waals surface area contributed by atoms with Crippen molar-refractivity contribution in [1.29, 1.82) is 0 Å². The van der Waals surface area contributed by atoms with Crippen molar-refractivity contribution >= 4 is 24.9 Å². The highest BCUT2D eigenvalue weighted by molar-refractivity contribution is 7.46. The first-order valence-corrected chi connectivity index (χ1v) is 8.63. The van der Waals surface area contributed by atoms with Crippen LogP contribution in [0.1, 0.15) is 6.23 Å². The predicted molar refractivity (Wildman–Crippen MR) is 82.4 cm³/mol. The average Bonchev–Trinajstić information content (AvgIpc) is 3.06. The zero-order valence-corrected chi connectivity index (χ0v) is 14.1. The second-order valence-corrected chi connectivity index (χ2v) is 6.73. The molecule has 144 valence electrons. The number of hydrogen-bond donors (Lipinski definition) is 6. The number of methoxy groups -OCH3 is 1. The maximum Gasteiger partial charge on any atom is 0.469 e. The normalized spacial score (nSPS) is 29.5. The molecule has 2 aromatic rings. The number of aliphatic hydroxyl groups excluding tert-OH is 1. The summed E-state index contributed by atoms with van der Waals surface area (Å²) in [6.07, 6.45) is -3.47. The number of fused-ring (bicyclic) bond motifs is 1. The van der Waals surface area contributed by atoms with Gasteiger partial charge in [-0.25, -0.2) is 9.55 Å². The van der Waals surface area contributed by atoms with Gasteiger partial charge >= 0.3 is 7.82 Å². The predicted octanol–water partition coefficient (Wildman–Crippen LogP) is -2.60. The van der Waals surface area contributed by atoms with Crippen LogP contribution in [-0.4, -0.2) is 71.2 Å². The first-order valence-electron chi connectivity index (χ1n) is 7.10. The molecular formula is C11H16N5O9P. The monoisotopic (exact) mass is 393 g/mol. The molecule has 0 amide bonds. The molecule has 1 fully saturated rings. The van der Waals surface area contributed by atoms with Crippen LogP contribution < -0.4 is 11.3 Å². The molecule has 7 N–H and O–H groups in total. The van der Waals surface area contributed by atoms with Gasteiger partial charge in [0, 0.05) is 7.11 Å². The van der Waals surface area contributed by atoms with Crippen molar-refractivity contribution in [2.45, 2.75) is 24.2 Å². The van der Waals surface area contributed by atoms with Crippen LogP contribution in [0.3, 0.4) is 0 Å². The minimum Gasteiger partial charge on any atom is -0.384 e. The lowest BCUT2D eigenvalue weighted by Crippen LogP contribution is -2.48. The van der Waals surface area contributed by atoms with E-state index >= 15 is 0 Å². The van der Waals surface area contributed by atoms with Gasteiger partial charge in [0.2, 0.25) is 11.7 Å². The van der Waals surface area contributed by atoms with Gasteiger partial charge in [-0.05, 0) is 0 Å². The average molecular weight is 393 g/mol. The van der Waals surface area contributed by atoms with Crippen LogP contribution >= 0.6 is 7.82 Å². The fourth-order valence-corrected chi connectivity index (χ4v) is 2.99. The molecule has 14 nitrogen and oxygen atoms in total. The first kappa shape index (κ1) is 18.9.